The van der Waals surface area contributed by atoms with Crippen molar-refractivity contribution in [1.29, 1.82) is 0 Å². The van der Waals surface area contributed by atoms with Crippen LogP contribution >= 0.6 is 11.8 Å². The molecule has 0 amide bonds. The van der Waals surface area contributed by atoms with Gasteiger partial charge in [0.15, 0.2) is 0 Å². The SMILES string of the molecule is CC1CC[N]C(n2nnc3cc(SC4CCCCC4)ccc32)C1. The molecular weight excluding hydrogens is 304 g/mol. The van der Waals surface area contributed by atoms with Crippen LogP contribution in [0.3, 0.4) is 0 Å². The predicted octanol–water partition coefficient (Wildman–Crippen LogP) is 4.39. The van der Waals surface area contributed by atoms with E-state index in [0.29, 0.717) is 0 Å². The van der Waals surface area contributed by atoms with Crippen molar-refractivity contribution in [1.82, 2.24) is 20.3 Å². The summed E-state index contributed by atoms with van der Waals surface area (Å²) in [4.78, 5) is 1.34. The number of benzene rings is 1. The highest BCUT2D eigenvalue weighted by Gasteiger charge is 2.23. The molecule has 1 aliphatic carbocycles. The molecule has 0 N–H and O–H groups in total. The van der Waals surface area contributed by atoms with E-state index in [1.165, 1.54) is 43.4 Å². The third-order valence-corrected chi connectivity index (χ3v) is 6.49. The van der Waals surface area contributed by atoms with Crippen LogP contribution in [0.5, 0.6) is 0 Å². The van der Waals surface area contributed by atoms with E-state index in [-0.39, 0.29) is 6.17 Å². The van der Waals surface area contributed by atoms with Crippen LogP contribution in [0.15, 0.2) is 23.1 Å². The van der Waals surface area contributed by atoms with Crippen LogP contribution < -0.4 is 5.32 Å². The molecule has 0 spiro atoms. The molecule has 5 heteroatoms. The lowest BCUT2D eigenvalue weighted by Crippen LogP contribution is -2.30. The highest BCUT2D eigenvalue weighted by atomic mass is 32.2. The standard InChI is InChI=1S/C18H25N4S/c1-13-9-10-19-18(11-13)22-17-8-7-15(12-16(17)20-21-22)23-14-5-3-2-4-6-14/h7-8,12-14,18H,2-6,9-11H2,1H3. The molecule has 1 aromatic carbocycles. The molecule has 1 aromatic heterocycles. The van der Waals surface area contributed by atoms with Crippen molar-refractivity contribution < 1.29 is 0 Å². The maximum atomic E-state index is 4.74. The number of fused-ring (bicyclic) bond motifs is 1. The van der Waals surface area contributed by atoms with Gasteiger partial charge in [-0.15, -0.1) is 16.9 Å². The van der Waals surface area contributed by atoms with Gasteiger partial charge in [-0.1, -0.05) is 31.4 Å². The van der Waals surface area contributed by atoms with E-state index in [0.717, 1.165) is 35.2 Å². The maximum absolute atomic E-state index is 4.74. The molecule has 1 aliphatic heterocycles. The van der Waals surface area contributed by atoms with Gasteiger partial charge in [0.1, 0.15) is 11.7 Å². The third-order valence-electron chi connectivity index (χ3n) is 5.15. The van der Waals surface area contributed by atoms with Crippen molar-refractivity contribution in [3.63, 3.8) is 0 Å². The summed E-state index contributed by atoms with van der Waals surface area (Å²) in [5, 5.41) is 14.3. The largest absolute Gasteiger partial charge is 0.226 e. The Balaban J connectivity index is 1.53. The van der Waals surface area contributed by atoms with Gasteiger partial charge in [-0.05, 0) is 49.8 Å². The summed E-state index contributed by atoms with van der Waals surface area (Å²) in [5.74, 6) is 0.720. The Hall–Kier alpha value is -1.07. The molecule has 1 radical (unpaired) electrons. The lowest BCUT2D eigenvalue weighted by atomic mass is 9.98. The number of nitrogens with zero attached hydrogens (tertiary/aromatic N) is 4. The summed E-state index contributed by atoms with van der Waals surface area (Å²) in [6.07, 6.45) is 9.34. The van der Waals surface area contributed by atoms with Crippen LogP contribution in [0.2, 0.25) is 0 Å². The zero-order chi connectivity index (χ0) is 15.6. The first-order valence-corrected chi connectivity index (χ1v) is 9.86. The second-order valence-corrected chi connectivity index (χ2v) is 8.45. The van der Waals surface area contributed by atoms with Gasteiger partial charge in [-0.2, -0.15) is 0 Å². The molecule has 2 aliphatic rings. The molecule has 23 heavy (non-hydrogen) atoms. The summed E-state index contributed by atoms with van der Waals surface area (Å²) >= 11 is 2.02. The number of piperidine rings is 1. The van der Waals surface area contributed by atoms with Crippen LogP contribution in [0.1, 0.15) is 58.0 Å². The molecule has 2 fully saturated rings. The van der Waals surface area contributed by atoms with E-state index in [2.05, 4.69) is 35.4 Å². The first-order valence-electron chi connectivity index (χ1n) is 8.98. The molecular formula is C18H25N4S. The summed E-state index contributed by atoms with van der Waals surface area (Å²) in [5.41, 5.74) is 2.14. The fraction of sp³-hybridized carbons (Fsp3) is 0.667. The lowest BCUT2D eigenvalue weighted by Gasteiger charge is -2.26. The Bertz CT molecular complexity index is 662. The molecule has 123 valence electrons. The predicted molar refractivity (Wildman–Crippen MR) is 94.7 cm³/mol. The van der Waals surface area contributed by atoms with Gasteiger partial charge in [-0.25, -0.2) is 10.00 Å². The van der Waals surface area contributed by atoms with Crippen molar-refractivity contribution in [3.05, 3.63) is 18.2 Å². The molecule has 2 heterocycles. The monoisotopic (exact) mass is 329 g/mol. The van der Waals surface area contributed by atoms with Crippen molar-refractivity contribution in [2.75, 3.05) is 6.54 Å². The Morgan fingerprint density at radius 1 is 1.13 bits per heavy atom. The first-order chi connectivity index (χ1) is 11.3. The highest BCUT2D eigenvalue weighted by Crippen LogP contribution is 2.35. The fourth-order valence-corrected chi connectivity index (χ4v) is 5.04. The molecule has 2 aromatic rings. The van der Waals surface area contributed by atoms with E-state index in [4.69, 9.17) is 5.32 Å². The summed E-state index contributed by atoms with van der Waals surface area (Å²) < 4.78 is 2.03. The zero-order valence-electron chi connectivity index (χ0n) is 13.8. The Morgan fingerprint density at radius 3 is 2.83 bits per heavy atom. The van der Waals surface area contributed by atoms with Crippen LogP contribution in [-0.2, 0) is 0 Å². The van der Waals surface area contributed by atoms with Crippen molar-refractivity contribution in [3.8, 4) is 0 Å². The van der Waals surface area contributed by atoms with E-state index in [9.17, 15) is 0 Å². The van der Waals surface area contributed by atoms with E-state index < -0.39 is 0 Å². The second kappa shape index (κ2) is 6.81. The number of hydrogen-bond acceptors (Lipinski definition) is 3. The number of thioether (sulfide) groups is 1. The van der Waals surface area contributed by atoms with Crippen molar-refractivity contribution in [2.24, 2.45) is 5.92 Å². The van der Waals surface area contributed by atoms with Gasteiger partial charge in [-0.3, -0.25) is 0 Å². The van der Waals surface area contributed by atoms with Crippen LogP contribution in [0.25, 0.3) is 11.0 Å². The number of aromatic nitrogens is 3. The highest BCUT2D eigenvalue weighted by molar-refractivity contribution is 8.00. The van der Waals surface area contributed by atoms with Gasteiger partial charge in [0.25, 0.3) is 0 Å². The quantitative estimate of drug-likeness (QED) is 0.839. The van der Waals surface area contributed by atoms with Crippen LogP contribution in [0, 0.1) is 5.92 Å². The zero-order valence-corrected chi connectivity index (χ0v) is 14.6. The van der Waals surface area contributed by atoms with Gasteiger partial charge in [0, 0.05) is 16.7 Å². The summed E-state index contributed by atoms with van der Waals surface area (Å²) in [6, 6.07) is 6.65. The average molecular weight is 329 g/mol. The van der Waals surface area contributed by atoms with Crippen LogP contribution in [-0.4, -0.2) is 26.8 Å². The van der Waals surface area contributed by atoms with Crippen molar-refractivity contribution in [2.45, 2.75) is 68.2 Å². The average Bonchev–Trinajstić information content (AvgIpc) is 2.99. The Morgan fingerprint density at radius 2 is 2.00 bits per heavy atom. The minimum Gasteiger partial charge on any atom is -0.226 e. The van der Waals surface area contributed by atoms with Gasteiger partial charge < -0.3 is 0 Å². The van der Waals surface area contributed by atoms with Crippen LogP contribution in [0.4, 0.5) is 0 Å². The first kappa shape index (κ1) is 15.5. The van der Waals surface area contributed by atoms with Gasteiger partial charge >= 0.3 is 0 Å². The van der Waals surface area contributed by atoms with Gasteiger partial charge in [0.05, 0.1) is 5.52 Å². The normalized spacial score (nSPS) is 26.7. The van der Waals surface area contributed by atoms with E-state index in [1.54, 1.807) is 0 Å². The minimum atomic E-state index is 0.167. The smallest absolute Gasteiger partial charge is 0.119 e. The fourth-order valence-electron chi connectivity index (χ4n) is 3.76. The molecule has 0 bridgehead atoms. The molecule has 4 rings (SSSR count). The summed E-state index contributed by atoms with van der Waals surface area (Å²) in [7, 11) is 0. The Kier molecular flexibility index (Phi) is 4.58. The number of hydrogen-bond donors (Lipinski definition) is 0. The van der Waals surface area contributed by atoms with Gasteiger partial charge in [0.2, 0.25) is 0 Å². The van der Waals surface area contributed by atoms with E-state index in [1.807, 2.05) is 16.4 Å². The summed E-state index contributed by atoms with van der Waals surface area (Å²) in [6.45, 7) is 3.25. The van der Waals surface area contributed by atoms with E-state index >= 15 is 0 Å². The molecule has 4 nitrogen and oxygen atoms in total. The topological polar surface area (TPSA) is 44.8 Å². The molecule has 1 saturated heterocycles. The van der Waals surface area contributed by atoms with Crippen molar-refractivity contribution >= 4 is 22.8 Å². The minimum absolute atomic E-state index is 0.167. The Labute approximate surface area is 142 Å². The molecule has 1 saturated carbocycles. The third kappa shape index (κ3) is 3.41. The maximum Gasteiger partial charge on any atom is 0.119 e. The lowest BCUT2D eigenvalue weighted by molar-refractivity contribution is 0.239. The second-order valence-electron chi connectivity index (χ2n) is 7.08. The number of rotatable bonds is 3. The molecule has 2 atom stereocenters. The molecule has 2 unspecified atom stereocenters.